The first-order valence-corrected chi connectivity index (χ1v) is 23.6. The average molecular weight is 915 g/mol. The second kappa shape index (κ2) is 18.3. The number of rotatable bonds is 10. The number of aromatic nitrogens is 6. The van der Waals surface area contributed by atoms with Crippen LogP contribution in [-0.4, -0.2) is 85.0 Å². The number of aryl methyl sites for hydroxylation is 2. The van der Waals surface area contributed by atoms with E-state index in [0.29, 0.717) is 48.5 Å². The molecule has 14 nitrogen and oxygen atoms in total. The van der Waals surface area contributed by atoms with Crippen molar-refractivity contribution in [3.05, 3.63) is 89.7 Å². The van der Waals surface area contributed by atoms with Crippen LogP contribution in [0.1, 0.15) is 103 Å². The molecule has 11 rings (SSSR count). The Morgan fingerprint density at radius 2 is 1.20 bits per heavy atom. The lowest BCUT2D eigenvalue weighted by Gasteiger charge is -2.32. The van der Waals surface area contributed by atoms with Crippen LogP contribution in [0.15, 0.2) is 73.3 Å². The van der Waals surface area contributed by atoms with E-state index in [1.54, 1.807) is 15.4 Å². The third kappa shape index (κ3) is 10.2. The molecule has 2 amide bonds. The van der Waals surface area contributed by atoms with Crippen molar-refractivity contribution in [2.24, 2.45) is 25.9 Å². The summed E-state index contributed by atoms with van der Waals surface area (Å²) in [5.74, 6) is 3.42. The molecule has 0 unspecified atom stereocenters. The maximum absolute atomic E-state index is 11.6. The summed E-state index contributed by atoms with van der Waals surface area (Å²) in [6, 6.07) is 16.2. The van der Waals surface area contributed by atoms with Crippen LogP contribution in [0.4, 0.5) is 0 Å². The Bertz CT molecular complexity index is 2720. The molecule has 346 valence electrons. The van der Waals surface area contributed by atoms with Crippen molar-refractivity contribution in [1.29, 1.82) is 0 Å². The van der Waals surface area contributed by atoms with Crippen LogP contribution in [0.5, 0.6) is 11.5 Å². The van der Waals surface area contributed by atoms with Crippen LogP contribution in [0.3, 0.4) is 0 Å². The Morgan fingerprint density at radius 1 is 0.697 bits per heavy atom. The van der Waals surface area contributed by atoms with Crippen LogP contribution in [-0.2, 0) is 33.0 Å². The molecule has 2 aromatic carbocycles. The molecule has 16 heteroatoms. The standard InChI is InChI=1S/C22H24N4O2.C14H20BNO2.C14H16ClN3O2/c1-13(17-9-22(27)24-11-17)28-21-8-16(7-20-18(21)12-26(2)25-20)15-5-6-19(23-10-15)14-3-4-14;1-13(2)14(3,4)18-15(17-13)11-7-8-12(16-9-11)10-5-6-10;1-8(9-3-14(19)16-6-9)20-13-5-10(15)4-12-11(13)7-18(2)17-12/h5-8,10,12-14,17H,3-4,9,11H2,1-2H3,(H,24,27);7-10H,5-6H2,1-4H3;4-5,7-9H,3,6H2,1-2H3,(H,16,19)/t13-,17-;;8-,9-/m1.1/s1. The number of hydrogen-bond donors (Lipinski definition) is 2. The zero-order valence-corrected chi connectivity index (χ0v) is 39.9. The predicted molar refractivity (Wildman–Crippen MR) is 256 cm³/mol. The zero-order chi connectivity index (χ0) is 46.5. The highest BCUT2D eigenvalue weighted by Crippen LogP contribution is 2.41. The Hall–Kier alpha value is -5.51. The third-order valence-electron chi connectivity index (χ3n) is 13.8. The van der Waals surface area contributed by atoms with Gasteiger partial charge >= 0.3 is 7.12 Å². The number of fused-ring (bicyclic) bond motifs is 2. The molecule has 2 saturated carbocycles. The van der Waals surface area contributed by atoms with Crippen LogP contribution >= 0.6 is 11.6 Å². The van der Waals surface area contributed by atoms with E-state index in [0.717, 1.165) is 44.1 Å². The average Bonchev–Trinajstić information content (AvgIpc) is 4.11. The summed E-state index contributed by atoms with van der Waals surface area (Å²) in [5, 5.41) is 17.1. The summed E-state index contributed by atoms with van der Waals surface area (Å²) in [6.07, 6.45) is 13.7. The van der Waals surface area contributed by atoms with Crippen molar-refractivity contribution in [1.82, 2.24) is 40.2 Å². The Morgan fingerprint density at radius 3 is 1.65 bits per heavy atom. The predicted octanol–water partition coefficient (Wildman–Crippen LogP) is 7.80. The Labute approximate surface area is 391 Å². The highest BCUT2D eigenvalue weighted by molar-refractivity contribution is 6.62. The van der Waals surface area contributed by atoms with Gasteiger partial charge in [0.1, 0.15) is 23.7 Å². The van der Waals surface area contributed by atoms with E-state index < -0.39 is 0 Å². The fourth-order valence-corrected chi connectivity index (χ4v) is 8.82. The van der Waals surface area contributed by atoms with Gasteiger partial charge in [-0.3, -0.25) is 28.9 Å². The molecule has 2 N–H and O–H groups in total. The van der Waals surface area contributed by atoms with Gasteiger partial charge in [0, 0.05) is 116 Å². The molecular weight excluding hydrogens is 855 g/mol. The molecule has 4 aromatic heterocycles. The minimum atomic E-state index is -0.296. The van der Waals surface area contributed by atoms with Crippen molar-refractivity contribution >= 4 is 57.8 Å². The van der Waals surface area contributed by atoms with E-state index in [2.05, 4.69) is 94.9 Å². The molecule has 2 aliphatic carbocycles. The lowest BCUT2D eigenvalue weighted by molar-refractivity contribution is -0.120. The van der Waals surface area contributed by atoms with Gasteiger partial charge in [0.2, 0.25) is 11.8 Å². The molecule has 4 atom stereocenters. The lowest BCUT2D eigenvalue weighted by Crippen LogP contribution is -2.41. The smallest absolute Gasteiger partial charge is 0.490 e. The second-order valence-electron chi connectivity index (χ2n) is 19.7. The quantitative estimate of drug-likeness (QED) is 0.130. The monoisotopic (exact) mass is 914 g/mol. The Balaban J connectivity index is 0.000000129. The number of halogens is 1. The summed E-state index contributed by atoms with van der Waals surface area (Å²) < 4.78 is 27.9. The number of pyridine rings is 2. The molecule has 3 saturated heterocycles. The lowest BCUT2D eigenvalue weighted by atomic mass is 9.80. The summed E-state index contributed by atoms with van der Waals surface area (Å²) in [6.45, 7) is 13.6. The number of ether oxygens (including phenoxy) is 2. The summed E-state index contributed by atoms with van der Waals surface area (Å²) in [7, 11) is 3.48. The normalized spacial score (nSPS) is 21.7. The maximum Gasteiger partial charge on any atom is 0.496 e. The maximum atomic E-state index is 11.6. The number of nitrogens with zero attached hydrogens (tertiary/aromatic N) is 6. The molecule has 5 aliphatic rings. The minimum Gasteiger partial charge on any atom is -0.490 e. The molecule has 6 aromatic rings. The number of hydrogen-bond acceptors (Lipinski definition) is 10. The van der Waals surface area contributed by atoms with E-state index in [1.807, 2.05) is 58.8 Å². The van der Waals surface area contributed by atoms with E-state index in [9.17, 15) is 9.59 Å². The van der Waals surface area contributed by atoms with Gasteiger partial charge in [0.05, 0.1) is 33.0 Å². The van der Waals surface area contributed by atoms with Crippen LogP contribution in [0.2, 0.25) is 5.02 Å². The van der Waals surface area contributed by atoms with Gasteiger partial charge in [-0.05, 0) is 109 Å². The molecule has 66 heavy (non-hydrogen) atoms. The third-order valence-corrected chi connectivity index (χ3v) is 14.0. The van der Waals surface area contributed by atoms with Gasteiger partial charge in [0.25, 0.3) is 0 Å². The van der Waals surface area contributed by atoms with Gasteiger partial charge in [0.15, 0.2) is 0 Å². The molecule has 0 radical (unpaired) electrons. The number of amides is 2. The van der Waals surface area contributed by atoms with Gasteiger partial charge in [-0.15, -0.1) is 0 Å². The first kappa shape index (κ1) is 45.6. The van der Waals surface area contributed by atoms with Crippen molar-refractivity contribution in [3.63, 3.8) is 0 Å². The first-order chi connectivity index (χ1) is 31.5. The molecule has 5 fully saturated rings. The van der Waals surface area contributed by atoms with Crippen molar-refractivity contribution in [3.8, 4) is 22.6 Å². The molecule has 0 bridgehead atoms. The van der Waals surface area contributed by atoms with Crippen LogP contribution < -0.4 is 25.6 Å². The molecule has 0 spiro atoms. The number of benzene rings is 2. The van der Waals surface area contributed by atoms with Crippen molar-refractivity contribution in [2.45, 2.75) is 115 Å². The summed E-state index contributed by atoms with van der Waals surface area (Å²) in [4.78, 5) is 32.0. The van der Waals surface area contributed by atoms with E-state index in [4.69, 9.17) is 30.4 Å². The van der Waals surface area contributed by atoms with Crippen LogP contribution in [0, 0.1) is 11.8 Å². The van der Waals surface area contributed by atoms with Gasteiger partial charge < -0.3 is 29.4 Å². The minimum absolute atomic E-state index is 0.0594. The first-order valence-electron chi connectivity index (χ1n) is 23.2. The van der Waals surface area contributed by atoms with Crippen molar-refractivity contribution in [2.75, 3.05) is 13.1 Å². The highest BCUT2D eigenvalue weighted by atomic mass is 35.5. The van der Waals surface area contributed by atoms with E-state index >= 15 is 0 Å². The van der Waals surface area contributed by atoms with E-state index in [1.165, 1.54) is 37.1 Å². The van der Waals surface area contributed by atoms with Crippen LogP contribution in [0.25, 0.3) is 32.9 Å². The van der Waals surface area contributed by atoms with Gasteiger partial charge in [-0.1, -0.05) is 23.7 Å². The second-order valence-corrected chi connectivity index (χ2v) is 20.1. The fourth-order valence-electron chi connectivity index (χ4n) is 8.61. The fraction of sp³-hybridized carbons (Fsp3) is 0.480. The SMILES string of the molecule is CC1(C)OB(c2ccc(C3CC3)nc2)OC1(C)C.C[C@@H](Oc1cc(-c2ccc(C3CC3)nc2)cc2nn(C)cc12)[C@H]1CNC(=O)C1.C[C@@H](Oc1cc(Cl)cc2nn(C)cc12)[C@H]1CNC(=O)C1. The molecular formula is C50H60BClN8O6. The largest absolute Gasteiger partial charge is 0.496 e. The number of carbonyl (C=O) groups is 2. The van der Waals surface area contributed by atoms with Gasteiger partial charge in [-0.2, -0.15) is 10.2 Å². The number of carbonyl (C=O) groups excluding carboxylic acids is 2. The summed E-state index contributed by atoms with van der Waals surface area (Å²) >= 11 is 6.10. The topological polar surface area (TPSA) is 157 Å². The van der Waals surface area contributed by atoms with Crippen molar-refractivity contribution < 1.29 is 28.4 Å². The molecule has 3 aliphatic heterocycles. The Kier molecular flexibility index (Phi) is 12.6. The highest BCUT2D eigenvalue weighted by Gasteiger charge is 2.52. The van der Waals surface area contributed by atoms with E-state index in [-0.39, 0.29) is 54.2 Å². The van der Waals surface area contributed by atoms with Gasteiger partial charge in [-0.25, -0.2) is 0 Å². The molecule has 7 heterocycles. The number of nitrogens with one attached hydrogen (secondary N) is 2. The zero-order valence-electron chi connectivity index (χ0n) is 39.1. The summed E-state index contributed by atoms with van der Waals surface area (Å²) in [5.41, 5.74) is 6.65.